The quantitative estimate of drug-likeness (QED) is 0.656. The molecule has 1 atom stereocenters. The Morgan fingerprint density at radius 2 is 1.39 bits per heavy atom. The Labute approximate surface area is 118 Å². The van der Waals surface area contributed by atoms with Crippen LogP contribution in [0.1, 0.15) is 11.1 Å². The molecule has 2 aromatic rings. The molecule has 0 fully saturated rings. The van der Waals surface area contributed by atoms with Crippen LogP contribution < -0.4 is 0 Å². The van der Waals surface area contributed by atoms with Gasteiger partial charge in [0.05, 0.1) is 0 Å². The molecule has 0 N–H and O–H groups in total. The summed E-state index contributed by atoms with van der Waals surface area (Å²) >= 11 is -3.12. The zero-order valence-corrected chi connectivity index (χ0v) is 13.5. The van der Waals surface area contributed by atoms with Crippen molar-refractivity contribution in [1.82, 2.24) is 0 Å². The van der Waals surface area contributed by atoms with E-state index < -0.39 is 11.2 Å². The van der Waals surface area contributed by atoms with Crippen molar-refractivity contribution in [3.63, 3.8) is 0 Å². The summed E-state index contributed by atoms with van der Waals surface area (Å²) in [4.78, 5) is 0. The Kier molecular flexibility index (Phi) is 5.11. The Bertz CT molecular complexity index is 528. The summed E-state index contributed by atoms with van der Waals surface area (Å²) in [5.74, 6) is 0.772. The van der Waals surface area contributed by atoms with E-state index in [4.69, 9.17) is 0 Å². The van der Waals surface area contributed by atoms with Crippen molar-refractivity contribution in [1.29, 1.82) is 0 Å². The zero-order valence-electron chi connectivity index (χ0n) is 9.90. The SMILES string of the molecule is O=[As](S)(Cc1ccccc1)SCc1ccccc1. The number of hydrogen-bond acceptors (Lipinski definition) is 2. The van der Waals surface area contributed by atoms with Gasteiger partial charge in [0.15, 0.2) is 0 Å². The fourth-order valence-electron chi connectivity index (χ4n) is 1.61. The molecule has 94 valence electrons. The average Bonchev–Trinajstić information content (AvgIpc) is 2.38. The molecular formula is C14H15AsOS2. The Balaban J connectivity index is 1.94. The van der Waals surface area contributed by atoms with E-state index in [9.17, 15) is 3.74 Å². The van der Waals surface area contributed by atoms with E-state index in [1.165, 1.54) is 15.6 Å². The van der Waals surface area contributed by atoms with E-state index >= 15 is 0 Å². The van der Waals surface area contributed by atoms with Gasteiger partial charge < -0.3 is 0 Å². The summed E-state index contributed by atoms with van der Waals surface area (Å²) in [5.41, 5.74) is 2.31. The molecule has 18 heavy (non-hydrogen) atoms. The molecule has 0 heterocycles. The Morgan fingerprint density at radius 3 is 1.94 bits per heavy atom. The second-order valence-corrected chi connectivity index (χ2v) is 17.4. The monoisotopic (exact) mass is 338 g/mol. The first-order valence-corrected chi connectivity index (χ1v) is 14.0. The van der Waals surface area contributed by atoms with Crippen LogP contribution in [0, 0.1) is 0 Å². The molecule has 0 radical (unpaired) electrons. The van der Waals surface area contributed by atoms with Crippen molar-refractivity contribution in [2.45, 2.75) is 11.0 Å². The van der Waals surface area contributed by atoms with E-state index in [1.807, 2.05) is 48.5 Å². The van der Waals surface area contributed by atoms with E-state index in [-0.39, 0.29) is 0 Å². The number of thiol groups is 1. The number of benzene rings is 2. The van der Waals surface area contributed by atoms with Crippen LogP contribution in [0.3, 0.4) is 0 Å². The molecule has 0 aliphatic heterocycles. The summed E-state index contributed by atoms with van der Waals surface area (Å²) in [7, 11) is 5.91. The van der Waals surface area contributed by atoms with Gasteiger partial charge in [0.1, 0.15) is 0 Å². The molecule has 2 aromatic carbocycles. The van der Waals surface area contributed by atoms with Gasteiger partial charge in [-0.1, -0.05) is 0 Å². The van der Waals surface area contributed by atoms with Gasteiger partial charge in [-0.15, -0.1) is 0 Å². The standard InChI is InChI=1S/C14H15AsOS2/c16-15(17,11-13-7-3-1-4-8-13)18-12-14-9-5-2-6-10-14/h1-10H,11-12H2,(H,16,17). The van der Waals surface area contributed by atoms with Crippen LogP contribution in [0.25, 0.3) is 0 Å². The fraction of sp³-hybridized carbons (Fsp3) is 0.143. The third kappa shape index (κ3) is 4.64. The fourth-order valence-corrected chi connectivity index (χ4v) is 8.96. The number of rotatable bonds is 5. The number of hydrogen-bond donors (Lipinski definition) is 1. The molecule has 0 spiro atoms. The summed E-state index contributed by atoms with van der Waals surface area (Å²) in [6, 6.07) is 20.0. The molecule has 1 unspecified atom stereocenters. The van der Waals surface area contributed by atoms with Gasteiger partial charge in [-0.25, -0.2) is 0 Å². The van der Waals surface area contributed by atoms with Crippen molar-refractivity contribution >= 4 is 32.1 Å². The first-order chi connectivity index (χ1) is 8.66. The van der Waals surface area contributed by atoms with Gasteiger partial charge in [0.25, 0.3) is 0 Å². The Morgan fingerprint density at radius 1 is 0.889 bits per heavy atom. The predicted molar refractivity (Wildman–Crippen MR) is 83.3 cm³/mol. The van der Waals surface area contributed by atoms with Gasteiger partial charge in [0.2, 0.25) is 0 Å². The summed E-state index contributed by atoms with van der Waals surface area (Å²) in [5, 5.41) is 0.597. The summed E-state index contributed by atoms with van der Waals surface area (Å²) in [6.07, 6.45) is 0. The van der Waals surface area contributed by atoms with Crippen LogP contribution >= 0.6 is 20.9 Å². The van der Waals surface area contributed by atoms with E-state index in [2.05, 4.69) is 23.0 Å². The van der Waals surface area contributed by atoms with Gasteiger partial charge in [-0.2, -0.15) is 0 Å². The van der Waals surface area contributed by atoms with Crippen molar-refractivity contribution in [2.75, 3.05) is 0 Å². The van der Waals surface area contributed by atoms with Gasteiger partial charge in [-0.3, -0.25) is 0 Å². The molecule has 0 aliphatic rings. The topological polar surface area (TPSA) is 17.1 Å². The minimum atomic E-state index is -3.12. The molecule has 0 bridgehead atoms. The van der Waals surface area contributed by atoms with E-state index in [0.29, 0.717) is 5.21 Å². The second kappa shape index (κ2) is 6.60. The van der Waals surface area contributed by atoms with Crippen LogP contribution in [0.5, 0.6) is 0 Å². The zero-order chi connectivity index (χ0) is 12.8. The second-order valence-electron chi connectivity index (χ2n) is 4.04. The molecule has 2 rings (SSSR count). The van der Waals surface area contributed by atoms with Crippen molar-refractivity contribution in [3.05, 3.63) is 71.8 Å². The maximum atomic E-state index is 12.4. The van der Waals surface area contributed by atoms with Crippen LogP contribution in [0.4, 0.5) is 0 Å². The van der Waals surface area contributed by atoms with Gasteiger partial charge in [-0.05, 0) is 0 Å². The minimum absolute atomic E-state index is 0.597. The van der Waals surface area contributed by atoms with Gasteiger partial charge in [0, 0.05) is 0 Å². The third-order valence-electron chi connectivity index (χ3n) is 2.50. The molecule has 4 heteroatoms. The molecule has 0 amide bonds. The van der Waals surface area contributed by atoms with Crippen molar-refractivity contribution < 1.29 is 3.74 Å². The molecule has 1 nitrogen and oxygen atoms in total. The first kappa shape index (κ1) is 13.9. The van der Waals surface area contributed by atoms with Crippen LogP contribution in [0.15, 0.2) is 60.7 Å². The Hall–Kier alpha value is -0.502. The molecule has 0 aliphatic carbocycles. The first-order valence-electron chi connectivity index (χ1n) is 5.70. The maximum absolute atomic E-state index is 12.4. The summed E-state index contributed by atoms with van der Waals surface area (Å²) in [6.45, 7) is 0. The molecule has 0 saturated carbocycles. The normalized spacial score (nSPS) is 14.1. The molecular weight excluding hydrogens is 323 g/mol. The van der Waals surface area contributed by atoms with Crippen LogP contribution in [0.2, 0.25) is 0 Å². The van der Waals surface area contributed by atoms with E-state index in [0.717, 1.165) is 11.3 Å². The van der Waals surface area contributed by atoms with Crippen molar-refractivity contribution in [3.8, 4) is 0 Å². The summed E-state index contributed by atoms with van der Waals surface area (Å²) < 4.78 is 12.4. The molecule has 0 saturated heterocycles. The molecule has 0 aromatic heterocycles. The predicted octanol–water partition coefficient (Wildman–Crippen LogP) is 4.00. The van der Waals surface area contributed by atoms with Gasteiger partial charge >= 0.3 is 119 Å². The van der Waals surface area contributed by atoms with Crippen LogP contribution in [-0.4, -0.2) is 11.2 Å². The van der Waals surface area contributed by atoms with Crippen molar-refractivity contribution in [2.24, 2.45) is 0 Å². The average molecular weight is 338 g/mol. The van der Waals surface area contributed by atoms with Crippen LogP contribution in [-0.2, 0) is 14.7 Å². The third-order valence-corrected chi connectivity index (χ3v) is 11.5. The van der Waals surface area contributed by atoms with E-state index in [1.54, 1.807) is 0 Å².